The van der Waals surface area contributed by atoms with Crippen LogP contribution in [0.5, 0.6) is 0 Å². The molecule has 1 N–H and O–H groups in total. The van der Waals surface area contributed by atoms with E-state index in [1.54, 1.807) is 0 Å². The molecule has 0 radical (unpaired) electrons. The van der Waals surface area contributed by atoms with E-state index in [0.29, 0.717) is 0 Å². The summed E-state index contributed by atoms with van der Waals surface area (Å²) in [4.78, 5) is 0. The molecule has 7 nitrogen and oxygen atoms in total. The van der Waals surface area contributed by atoms with Crippen molar-refractivity contribution in [3.63, 3.8) is 0 Å². The molecule has 0 aliphatic heterocycles. The molecule has 0 aromatic heterocycles. The van der Waals surface area contributed by atoms with Crippen LogP contribution in [0.25, 0.3) is 0 Å². The van der Waals surface area contributed by atoms with Crippen LogP contribution in [0.15, 0.2) is 0 Å². The van der Waals surface area contributed by atoms with Crippen LogP contribution in [-0.4, -0.2) is 83.1 Å². The Bertz CT molecular complexity index is 398. The molecule has 0 atom stereocenters. The molecule has 0 aromatic rings. The summed E-state index contributed by atoms with van der Waals surface area (Å²) in [6.45, 7) is 20.6. The monoisotopic (exact) mass is 537 g/mol. The minimum absolute atomic E-state index is 0.753. The predicted octanol–water partition coefficient (Wildman–Crippen LogP) is 6.02. The lowest BCUT2D eigenvalue weighted by Gasteiger charge is -2.25. The smallest absolute Gasteiger partial charge is 0.334 e. The van der Waals surface area contributed by atoms with E-state index in [0.717, 1.165) is 90.9 Å². The number of rotatable bonds is 28. The van der Waals surface area contributed by atoms with Crippen LogP contribution in [0.3, 0.4) is 0 Å². The van der Waals surface area contributed by atoms with Gasteiger partial charge < -0.3 is 32.5 Å². The summed E-state index contributed by atoms with van der Waals surface area (Å²) in [5, 5.41) is 3.39. The molecule has 0 aromatic carbocycles. The van der Waals surface area contributed by atoms with Gasteiger partial charge in [-0.15, -0.1) is 0 Å². The number of unbranched alkanes of at least 4 members (excludes halogenated alkanes) is 6. The lowest BCUT2D eigenvalue weighted by Crippen LogP contribution is -2.38. The van der Waals surface area contributed by atoms with Gasteiger partial charge in [0.1, 0.15) is 0 Å². The van der Waals surface area contributed by atoms with Crippen LogP contribution in [-0.2, 0) is 27.2 Å². The molecule has 0 fully saturated rings. The van der Waals surface area contributed by atoms with Crippen LogP contribution in [0, 0.1) is 0 Å². The van der Waals surface area contributed by atoms with E-state index >= 15 is 0 Å². The minimum atomic E-state index is -1.93. The number of hydrogen-bond donors (Lipinski definition) is 1. The van der Waals surface area contributed by atoms with Gasteiger partial charge >= 0.3 is 17.1 Å². The zero-order valence-corrected chi connectivity index (χ0v) is 26.1. The molecule has 0 spiro atoms. The molecule has 0 aliphatic carbocycles. The van der Waals surface area contributed by atoms with Crippen LogP contribution in [0.2, 0.25) is 25.2 Å². The first-order valence-corrected chi connectivity index (χ1v) is 19.4. The van der Waals surface area contributed by atoms with Gasteiger partial charge in [0, 0.05) is 52.7 Å². The fourth-order valence-corrected chi connectivity index (χ4v) is 9.19. The Morgan fingerprint density at radius 2 is 0.800 bits per heavy atom. The first-order valence-electron chi connectivity index (χ1n) is 14.4. The molecule has 35 heavy (non-hydrogen) atoms. The third kappa shape index (κ3) is 21.9. The summed E-state index contributed by atoms with van der Waals surface area (Å²) in [6, 6.07) is 2.18. The van der Waals surface area contributed by atoms with Gasteiger partial charge in [-0.25, -0.2) is 0 Å². The van der Waals surface area contributed by atoms with Gasteiger partial charge in [0.05, 0.1) is 13.2 Å². The first kappa shape index (κ1) is 35.2. The van der Waals surface area contributed by atoms with E-state index in [4.69, 9.17) is 27.2 Å². The average Bonchev–Trinajstić information content (AvgIpc) is 2.81. The highest BCUT2D eigenvalue weighted by Crippen LogP contribution is 2.19. The maximum atomic E-state index is 5.90. The second kappa shape index (κ2) is 24.5. The number of nitrogens with one attached hydrogen (secondary N) is 1. The highest BCUT2D eigenvalue weighted by molar-refractivity contribution is 6.66. The summed E-state index contributed by atoms with van der Waals surface area (Å²) in [5.41, 5.74) is 0. The average molecular weight is 538 g/mol. The van der Waals surface area contributed by atoms with Crippen LogP contribution < -0.4 is 5.32 Å². The van der Waals surface area contributed by atoms with Crippen molar-refractivity contribution in [3.8, 4) is 0 Å². The summed E-state index contributed by atoms with van der Waals surface area (Å²) in [6.07, 6.45) is 9.51. The third-order valence-electron chi connectivity index (χ3n) is 5.98. The van der Waals surface area contributed by atoms with Crippen molar-refractivity contribution < 1.29 is 27.2 Å². The Balaban J connectivity index is 3.36. The second-order valence-corrected chi connectivity index (χ2v) is 16.0. The third-order valence-corrected chi connectivity index (χ3v) is 12.1. The molecular weight excluding hydrogens is 478 g/mol. The molecule has 0 saturated heterocycles. The Morgan fingerprint density at radius 1 is 0.457 bits per heavy atom. The predicted molar refractivity (Wildman–Crippen MR) is 151 cm³/mol. The van der Waals surface area contributed by atoms with Crippen molar-refractivity contribution in [1.29, 1.82) is 0 Å². The molecular formula is C26H59NO6Si2. The zero-order chi connectivity index (χ0) is 26.1. The summed E-state index contributed by atoms with van der Waals surface area (Å²) >= 11 is 0. The van der Waals surface area contributed by atoms with E-state index in [9.17, 15) is 0 Å². The maximum absolute atomic E-state index is 5.90. The quantitative estimate of drug-likeness (QED) is 0.0967. The van der Waals surface area contributed by atoms with Gasteiger partial charge in [-0.3, -0.25) is 0 Å². The summed E-state index contributed by atoms with van der Waals surface area (Å²) < 4.78 is 35.1. The van der Waals surface area contributed by atoms with Gasteiger partial charge in [0.15, 0.2) is 0 Å². The molecule has 212 valence electrons. The van der Waals surface area contributed by atoms with Gasteiger partial charge in [-0.05, 0) is 65.7 Å². The lowest BCUT2D eigenvalue weighted by molar-refractivity contribution is 0.117. The van der Waals surface area contributed by atoms with Crippen molar-refractivity contribution in [2.75, 3.05) is 65.9 Å². The molecule has 9 heteroatoms. The van der Waals surface area contributed by atoms with Gasteiger partial charge in [0.2, 0.25) is 0 Å². The van der Waals surface area contributed by atoms with Crippen molar-refractivity contribution in [2.24, 2.45) is 0 Å². The minimum Gasteiger partial charge on any atom is -0.395 e. The molecule has 0 bridgehead atoms. The Labute approximate surface area is 219 Å². The number of ether oxygens (including phenoxy) is 2. The highest BCUT2D eigenvalue weighted by atomic mass is 28.4. The normalized spacial score (nSPS) is 12.5. The van der Waals surface area contributed by atoms with Gasteiger partial charge in [-0.2, -0.15) is 0 Å². The molecule has 0 rings (SSSR count). The molecule has 0 heterocycles. The van der Waals surface area contributed by atoms with Crippen molar-refractivity contribution in [3.05, 3.63) is 0 Å². The van der Waals surface area contributed by atoms with Crippen LogP contribution in [0.1, 0.15) is 79.1 Å². The fourth-order valence-electron chi connectivity index (χ4n) is 4.22. The fraction of sp³-hybridized carbons (Fsp3) is 1.00. The van der Waals surface area contributed by atoms with Crippen LogP contribution in [0.4, 0.5) is 0 Å². The molecule has 0 saturated carbocycles. The van der Waals surface area contributed by atoms with E-state index in [1.807, 2.05) is 0 Å². The van der Waals surface area contributed by atoms with E-state index in [2.05, 4.69) is 46.1 Å². The SMILES string of the molecule is CCO[Si](C)(CCCCCCOCCNCCOCCCCCC[Si](C)(OCC)OCC)OCC. The van der Waals surface area contributed by atoms with Crippen LogP contribution >= 0.6 is 0 Å². The highest BCUT2D eigenvalue weighted by Gasteiger charge is 2.30. The van der Waals surface area contributed by atoms with Crippen molar-refractivity contribution in [1.82, 2.24) is 5.32 Å². The zero-order valence-electron chi connectivity index (χ0n) is 24.1. The first-order chi connectivity index (χ1) is 16.9. The van der Waals surface area contributed by atoms with Crippen molar-refractivity contribution >= 4 is 17.1 Å². The van der Waals surface area contributed by atoms with Crippen molar-refractivity contribution in [2.45, 2.75) is 104 Å². The number of hydrogen-bond acceptors (Lipinski definition) is 7. The Morgan fingerprint density at radius 3 is 1.14 bits per heavy atom. The standard InChI is InChI=1S/C26H59NO6Si2/c1-7-30-34(5,31-8-2)25-17-13-11-15-21-28-23-19-27-20-24-29-22-16-12-14-18-26-35(6,32-9-3)33-10-4/h27H,7-26H2,1-6H3. The molecule has 0 unspecified atom stereocenters. The Hall–Kier alpha value is 0.154. The van der Waals surface area contributed by atoms with E-state index in [1.165, 1.54) is 38.5 Å². The largest absolute Gasteiger partial charge is 0.395 e. The lowest BCUT2D eigenvalue weighted by atomic mass is 10.2. The topological polar surface area (TPSA) is 67.4 Å². The Kier molecular flexibility index (Phi) is 24.6. The van der Waals surface area contributed by atoms with Gasteiger partial charge in [-0.1, -0.05) is 38.5 Å². The molecule has 0 amide bonds. The van der Waals surface area contributed by atoms with E-state index < -0.39 is 17.1 Å². The molecule has 0 aliphatic rings. The van der Waals surface area contributed by atoms with Gasteiger partial charge in [0.25, 0.3) is 0 Å². The summed E-state index contributed by atoms with van der Waals surface area (Å²) in [7, 11) is -3.86. The summed E-state index contributed by atoms with van der Waals surface area (Å²) in [5.74, 6) is 0. The maximum Gasteiger partial charge on any atom is 0.334 e. The second-order valence-electron chi connectivity index (χ2n) is 9.30. The van der Waals surface area contributed by atoms with E-state index in [-0.39, 0.29) is 0 Å².